The monoisotopic (exact) mass is 278 g/mol. The maximum atomic E-state index is 5.79. The number of benzene rings is 1. The van der Waals surface area contributed by atoms with E-state index < -0.39 is 0 Å². The van der Waals surface area contributed by atoms with Crippen molar-refractivity contribution in [2.45, 2.75) is 24.2 Å². The lowest BCUT2D eigenvalue weighted by atomic mass is 9.90. The number of thioether (sulfide) groups is 1. The third-order valence-electron chi connectivity index (χ3n) is 3.04. The van der Waals surface area contributed by atoms with Gasteiger partial charge in [0, 0.05) is 27.8 Å². The van der Waals surface area contributed by atoms with Crippen molar-refractivity contribution in [3.63, 3.8) is 0 Å². The van der Waals surface area contributed by atoms with Crippen LogP contribution in [0.25, 0.3) is 10.6 Å². The lowest BCUT2D eigenvalue weighted by Gasteiger charge is -2.19. The summed E-state index contributed by atoms with van der Waals surface area (Å²) in [6, 6.07) is 8.53. The molecule has 0 unspecified atom stereocenters. The van der Waals surface area contributed by atoms with E-state index in [1.54, 1.807) is 23.1 Å². The van der Waals surface area contributed by atoms with E-state index in [0.717, 1.165) is 10.7 Å². The van der Waals surface area contributed by atoms with Gasteiger partial charge >= 0.3 is 0 Å². The summed E-state index contributed by atoms with van der Waals surface area (Å²) in [5, 5.41) is 3.18. The highest BCUT2D eigenvalue weighted by atomic mass is 32.2. The molecule has 1 heterocycles. The smallest absolute Gasteiger partial charge is 0.123 e. The fraction of sp³-hybridized carbons (Fsp3) is 0.357. The van der Waals surface area contributed by atoms with E-state index in [-0.39, 0.29) is 5.41 Å². The second-order valence-corrected chi connectivity index (χ2v) is 6.59. The van der Waals surface area contributed by atoms with E-state index in [4.69, 9.17) is 10.7 Å². The largest absolute Gasteiger partial charge is 0.330 e. The first-order valence-corrected chi connectivity index (χ1v) is 7.98. The molecular weight excluding hydrogens is 260 g/mol. The summed E-state index contributed by atoms with van der Waals surface area (Å²) < 4.78 is 0. The maximum Gasteiger partial charge on any atom is 0.123 e. The molecule has 2 rings (SSSR count). The summed E-state index contributed by atoms with van der Waals surface area (Å²) in [4.78, 5) is 5.99. The fourth-order valence-corrected chi connectivity index (χ4v) is 2.98. The van der Waals surface area contributed by atoms with Gasteiger partial charge in [0.25, 0.3) is 0 Å². The molecule has 0 aliphatic heterocycles. The molecule has 0 fully saturated rings. The minimum Gasteiger partial charge on any atom is -0.330 e. The van der Waals surface area contributed by atoms with Gasteiger partial charge in [-0.1, -0.05) is 26.0 Å². The molecule has 18 heavy (non-hydrogen) atoms. The third kappa shape index (κ3) is 2.76. The maximum absolute atomic E-state index is 5.79. The van der Waals surface area contributed by atoms with E-state index in [1.807, 2.05) is 0 Å². The zero-order chi connectivity index (χ0) is 13.2. The predicted octanol–water partition coefficient (Wildman–Crippen LogP) is 3.77. The first-order chi connectivity index (χ1) is 8.56. The van der Waals surface area contributed by atoms with E-state index in [9.17, 15) is 0 Å². The molecule has 2 nitrogen and oxygen atoms in total. The molecule has 0 aliphatic carbocycles. The van der Waals surface area contributed by atoms with Crippen LogP contribution in [-0.4, -0.2) is 17.8 Å². The Morgan fingerprint density at radius 2 is 1.94 bits per heavy atom. The summed E-state index contributed by atoms with van der Waals surface area (Å²) in [6.07, 6.45) is 2.08. The zero-order valence-corrected chi connectivity index (χ0v) is 12.6. The van der Waals surface area contributed by atoms with Crippen LogP contribution in [0.2, 0.25) is 0 Å². The third-order valence-corrected chi connectivity index (χ3v) is 4.68. The second-order valence-electron chi connectivity index (χ2n) is 4.85. The van der Waals surface area contributed by atoms with Crippen molar-refractivity contribution in [3.8, 4) is 10.6 Å². The van der Waals surface area contributed by atoms with Crippen LogP contribution in [0.3, 0.4) is 0 Å². The fourth-order valence-electron chi connectivity index (χ4n) is 1.56. The van der Waals surface area contributed by atoms with Gasteiger partial charge in [0.1, 0.15) is 5.01 Å². The van der Waals surface area contributed by atoms with Crippen molar-refractivity contribution in [3.05, 3.63) is 35.3 Å². The van der Waals surface area contributed by atoms with E-state index in [2.05, 4.69) is 49.7 Å². The number of nitrogens with two attached hydrogens (primary N) is 1. The van der Waals surface area contributed by atoms with Crippen LogP contribution in [0, 0.1) is 0 Å². The highest BCUT2D eigenvalue weighted by molar-refractivity contribution is 7.98. The number of aromatic nitrogens is 1. The lowest BCUT2D eigenvalue weighted by molar-refractivity contribution is 0.525. The number of rotatable bonds is 4. The molecule has 0 atom stereocenters. The Balaban J connectivity index is 2.29. The van der Waals surface area contributed by atoms with Crippen molar-refractivity contribution < 1.29 is 0 Å². The SMILES string of the molecule is CSc1ccc(-c2nc(C(C)(C)CN)cs2)cc1. The minimum atomic E-state index is -0.0477. The van der Waals surface area contributed by atoms with Gasteiger partial charge in [-0.3, -0.25) is 0 Å². The molecule has 0 aliphatic rings. The quantitative estimate of drug-likeness (QED) is 0.865. The second kappa shape index (κ2) is 5.43. The summed E-state index contributed by atoms with van der Waals surface area (Å²) in [5.41, 5.74) is 8.00. The Morgan fingerprint density at radius 1 is 1.28 bits per heavy atom. The van der Waals surface area contributed by atoms with Gasteiger partial charge in [-0.05, 0) is 18.4 Å². The number of hydrogen-bond donors (Lipinski definition) is 1. The standard InChI is InChI=1S/C14H18N2S2/c1-14(2,9-15)12-8-18-13(16-12)10-4-6-11(17-3)7-5-10/h4-8H,9,15H2,1-3H3. The average molecular weight is 278 g/mol. The Labute approximate surface area is 117 Å². The van der Waals surface area contributed by atoms with Gasteiger partial charge in [0.15, 0.2) is 0 Å². The minimum absolute atomic E-state index is 0.0477. The molecule has 0 saturated carbocycles. The number of hydrogen-bond acceptors (Lipinski definition) is 4. The Hall–Kier alpha value is -0.840. The molecular formula is C14H18N2S2. The normalized spacial score (nSPS) is 11.8. The van der Waals surface area contributed by atoms with Gasteiger partial charge in [0.05, 0.1) is 5.69 Å². The van der Waals surface area contributed by atoms with Crippen LogP contribution in [0.5, 0.6) is 0 Å². The summed E-state index contributed by atoms with van der Waals surface area (Å²) >= 11 is 3.44. The summed E-state index contributed by atoms with van der Waals surface area (Å²) in [5.74, 6) is 0. The Bertz CT molecular complexity index is 515. The van der Waals surface area contributed by atoms with Gasteiger partial charge in [-0.25, -0.2) is 4.98 Å². The Kier molecular flexibility index (Phi) is 4.10. The number of thiazole rings is 1. The molecule has 0 radical (unpaired) electrons. The van der Waals surface area contributed by atoms with Crippen LogP contribution >= 0.6 is 23.1 Å². The van der Waals surface area contributed by atoms with Crippen molar-refractivity contribution in [1.29, 1.82) is 0 Å². The van der Waals surface area contributed by atoms with E-state index >= 15 is 0 Å². The van der Waals surface area contributed by atoms with Crippen molar-refractivity contribution in [1.82, 2.24) is 4.98 Å². The van der Waals surface area contributed by atoms with Crippen molar-refractivity contribution in [2.75, 3.05) is 12.8 Å². The average Bonchev–Trinajstić information content (AvgIpc) is 2.89. The van der Waals surface area contributed by atoms with Crippen LogP contribution < -0.4 is 5.73 Å². The topological polar surface area (TPSA) is 38.9 Å². The molecule has 0 saturated heterocycles. The van der Waals surface area contributed by atoms with Crippen LogP contribution in [0.1, 0.15) is 19.5 Å². The molecule has 2 aromatic rings. The summed E-state index contributed by atoms with van der Waals surface area (Å²) in [6.45, 7) is 4.87. The molecule has 2 N–H and O–H groups in total. The first-order valence-electron chi connectivity index (χ1n) is 5.87. The molecule has 0 amide bonds. The molecule has 1 aromatic heterocycles. The van der Waals surface area contributed by atoms with Gasteiger partial charge in [-0.15, -0.1) is 23.1 Å². The highest BCUT2D eigenvalue weighted by Crippen LogP contribution is 2.30. The number of nitrogens with zero attached hydrogens (tertiary/aromatic N) is 1. The molecule has 96 valence electrons. The highest BCUT2D eigenvalue weighted by Gasteiger charge is 2.22. The van der Waals surface area contributed by atoms with Crippen molar-refractivity contribution in [2.24, 2.45) is 5.73 Å². The molecule has 0 bridgehead atoms. The van der Waals surface area contributed by atoms with Crippen molar-refractivity contribution >= 4 is 23.1 Å². The van der Waals surface area contributed by atoms with E-state index in [0.29, 0.717) is 6.54 Å². The Morgan fingerprint density at radius 3 is 2.50 bits per heavy atom. The van der Waals surface area contributed by atoms with E-state index in [1.165, 1.54) is 10.5 Å². The predicted molar refractivity (Wildman–Crippen MR) is 81.4 cm³/mol. The lowest BCUT2D eigenvalue weighted by Crippen LogP contribution is -2.28. The molecule has 0 spiro atoms. The van der Waals surface area contributed by atoms with Crippen LogP contribution in [-0.2, 0) is 5.41 Å². The van der Waals surface area contributed by atoms with Gasteiger partial charge < -0.3 is 5.73 Å². The zero-order valence-electron chi connectivity index (χ0n) is 10.9. The van der Waals surface area contributed by atoms with Gasteiger partial charge in [0.2, 0.25) is 0 Å². The van der Waals surface area contributed by atoms with Gasteiger partial charge in [-0.2, -0.15) is 0 Å². The van der Waals surface area contributed by atoms with Crippen LogP contribution in [0.4, 0.5) is 0 Å². The summed E-state index contributed by atoms with van der Waals surface area (Å²) in [7, 11) is 0. The van der Waals surface area contributed by atoms with Crippen LogP contribution in [0.15, 0.2) is 34.5 Å². The molecule has 4 heteroatoms. The first kappa shape index (κ1) is 13.6. The molecule has 1 aromatic carbocycles.